The van der Waals surface area contributed by atoms with Gasteiger partial charge in [0.2, 0.25) is 5.71 Å². The van der Waals surface area contributed by atoms with Gasteiger partial charge in [0.05, 0.1) is 7.11 Å². The lowest BCUT2D eigenvalue weighted by molar-refractivity contribution is -0.137. The Morgan fingerprint density at radius 2 is 2.06 bits per heavy atom. The maximum Gasteiger partial charge on any atom is 0.441 e. The standard InChI is InChI=1S/C8H6F3NO4S2/c1-16-7(13)6(8(9,10)11)12-18(14,15)5-3-2-4-17-5/h2-4H,1H3/b12-6+. The first-order valence-electron chi connectivity index (χ1n) is 4.22. The number of nitrogens with zero attached hydrogens (tertiary/aromatic N) is 1. The fourth-order valence-corrected chi connectivity index (χ4v) is 2.85. The Kier molecular flexibility index (Phi) is 4.12. The van der Waals surface area contributed by atoms with Crippen LogP contribution in [0.1, 0.15) is 0 Å². The monoisotopic (exact) mass is 301 g/mol. The first-order valence-corrected chi connectivity index (χ1v) is 6.54. The maximum atomic E-state index is 12.4. The molecule has 0 aliphatic rings. The molecule has 0 bridgehead atoms. The minimum Gasteiger partial charge on any atom is -0.464 e. The normalized spacial score (nSPS) is 13.4. The predicted octanol–water partition coefficient (Wildman–Crippen LogP) is 1.61. The minimum absolute atomic E-state index is 0.395. The summed E-state index contributed by atoms with van der Waals surface area (Å²) in [6.45, 7) is 0. The Balaban J connectivity index is 3.31. The van der Waals surface area contributed by atoms with Gasteiger partial charge in [-0.15, -0.1) is 15.7 Å². The van der Waals surface area contributed by atoms with Crippen LogP contribution in [0.15, 0.2) is 26.1 Å². The van der Waals surface area contributed by atoms with E-state index in [1.807, 2.05) is 0 Å². The van der Waals surface area contributed by atoms with Gasteiger partial charge in [0.15, 0.2) is 0 Å². The number of halogens is 3. The lowest BCUT2D eigenvalue weighted by atomic mass is 10.4. The Labute approximate surface area is 104 Å². The van der Waals surface area contributed by atoms with Crippen molar-refractivity contribution in [1.29, 1.82) is 0 Å². The molecule has 0 aliphatic carbocycles. The number of carbonyl (C=O) groups excluding carboxylic acids is 1. The average molecular weight is 301 g/mol. The van der Waals surface area contributed by atoms with Crippen LogP contribution in [0.5, 0.6) is 0 Å². The summed E-state index contributed by atoms with van der Waals surface area (Å²) in [6, 6.07) is 2.41. The Bertz CT molecular complexity index is 560. The average Bonchev–Trinajstić information content (AvgIpc) is 2.77. The second-order valence-electron chi connectivity index (χ2n) is 2.84. The number of thiophene rings is 1. The van der Waals surface area contributed by atoms with Crippen LogP contribution < -0.4 is 0 Å². The maximum absolute atomic E-state index is 12.4. The molecule has 0 unspecified atom stereocenters. The second-order valence-corrected chi connectivity index (χ2v) is 5.62. The fourth-order valence-electron chi connectivity index (χ4n) is 0.877. The zero-order chi connectivity index (χ0) is 14.0. The zero-order valence-electron chi connectivity index (χ0n) is 8.76. The number of sulfonamides is 1. The molecule has 1 aromatic heterocycles. The van der Waals surface area contributed by atoms with Crippen LogP contribution in [-0.4, -0.2) is 33.4 Å². The molecule has 0 fully saturated rings. The van der Waals surface area contributed by atoms with Crippen molar-refractivity contribution in [1.82, 2.24) is 0 Å². The molecule has 5 nitrogen and oxygen atoms in total. The number of hydrogen-bond acceptors (Lipinski definition) is 5. The summed E-state index contributed by atoms with van der Waals surface area (Å²) in [4.78, 5) is 10.9. The SMILES string of the molecule is COC(=O)/C(=N\S(=O)(=O)c1cccs1)C(F)(F)F. The molecule has 0 radical (unpaired) electrons. The lowest BCUT2D eigenvalue weighted by Crippen LogP contribution is -2.33. The van der Waals surface area contributed by atoms with E-state index < -0.39 is 32.1 Å². The van der Waals surface area contributed by atoms with Crippen molar-refractivity contribution in [2.45, 2.75) is 10.4 Å². The van der Waals surface area contributed by atoms with Crippen LogP contribution in [0.3, 0.4) is 0 Å². The molecule has 18 heavy (non-hydrogen) atoms. The highest BCUT2D eigenvalue weighted by Crippen LogP contribution is 2.23. The zero-order valence-corrected chi connectivity index (χ0v) is 10.4. The number of carbonyl (C=O) groups is 1. The lowest BCUT2D eigenvalue weighted by Gasteiger charge is -2.07. The van der Waals surface area contributed by atoms with Crippen LogP contribution in [0.2, 0.25) is 0 Å². The summed E-state index contributed by atoms with van der Waals surface area (Å²) in [5.41, 5.74) is -2.11. The van der Waals surface area contributed by atoms with Crippen molar-refractivity contribution in [3.63, 3.8) is 0 Å². The summed E-state index contributed by atoms with van der Waals surface area (Å²) in [5, 5.41) is 1.35. The van der Waals surface area contributed by atoms with E-state index in [9.17, 15) is 26.4 Å². The van der Waals surface area contributed by atoms with E-state index in [1.165, 1.54) is 11.4 Å². The van der Waals surface area contributed by atoms with Crippen molar-refractivity contribution in [3.8, 4) is 0 Å². The molecule has 100 valence electrons. The predicted molar refractivity (Wildman–Crippen MR) is 57.0 cm³/mol. The molecule has 0 saturated heterocycles. The van der Waals surface area contributed by atoms with Crippen LogP contribution in [-0.2, 0) is 19.6 Å². The molecule has 0 amide bonds. The van der Waals surface area contributed by atoms with Crippen molar-refractivity contribution < 1.29 is 31.1 Å². The fraction of sp³-hybridized carbons (Fsp3) is 0.250. The quantitative estimate of drug-likeness (QED) is 0.628. The van der Waals surface area contributed by atoms with Crippen LogP contribution in [0.4, 0.5) is 13.2 Å². The van der Waals surface area contributed by atoms with E-state index in [2.05, 4.69) is 9.13 Å². The summed E-state index contributed by atoms with van der Waals surface area (Å²) in [7, 11) is -3.87. The van der Waals surface area contributed by atoms with E-state index in [4.69, 9.17) is 0 Å². The summed E-state index contributed by atoms with van der Waals surface area (Å²) < 4.78 is 66.2. The third kappa shape index (κ3) is 3.29. The third-order valence-electron chi connectivity index (χ3n) is 1.61. The smallest absolute Gasteiger partial charge is 0.441 e. The Morgan fingerprint density at radius 1 is 1.44 bits per heavy atom. The van der Waals surface area contributed by atoms with E-state index in [-0.39, 0.29) is 0 Å². The molecule has 0 spiro atoms. The van der Waals surface area contributed by atoms with Crippen LogP contribution in [0, 0.1) is 0 Å². The van der Waals surface area contributed by atoms with Crippen LogP contribution >= 0.6 is 11.3 Å². The van der Waals surface area contributed by atoms with Gasteiger partial charge < -0.3 is 4.74 Å². The van der Waals surface area contributed by atoms with Crippen molar-refractivity contribution in [2.75, 3.05) is 7.11 Å². The van der Waals surface area contributed by atoms with Gasteiger partial charge in [-0.2, -0.15) is 21.6 Å². The largest absolute Gasteiger partial charge is 0.464 e. The van der Waals surface area contributed by atoms with E-state index >= 15 is 0 Å². The van der Waals surface area contributed by atoms with E-state index in [1.54, 1.807) is 0 Å². The van der Waals surface area contributed by atoms with Gasteiger partial charge in [0, 0.05) is 0 Å². The number of alkyl halides is 3. The highest BCUT2D eigenvalue weighted by atomic mass is 32.2. The number of methoxy groups -OCH3 is 1. The number of rotatable bonds is 3. The summed E-state index contributed by atoms with van der Waals surface area (Å²) >= 11 is 0.687. The topological polar surface area (TPSA) is 72.8 Å². The van der Waals surface area contributed by atoms with Gasteiger partial charge >= 0.3 is 12.1 Å². The summed E-state index contributed by atoms with van der Waals surface area (Å²) in [5.74, 6) is -1.86. The van der Waals surface area contributed by atoms with Crippen LogP contribution in [0.25, 0.3) is 0 Å². The molecule has 1 aromatic rings. The van der Waals surface area contributed by atoms with Gasteiger partial charge in [-0.1, -0.05) is 6.07 Å². The first-order chi connectivity index (χ1) is 8.18. The van der Waals surface area contributed by atoms with Gasteiger partial charge in [-0.25, -0.2) is 4.79 Å². The van der Waals surface area contributed by atoms with Gasteiger partial charge in [0.25, 0.3) is 10.0 Å². The third-order valence-corrected chi connectivity index (χ3v) is 4.26. The van der Waals surface area contributed by atoms with Gasteiger partial charge in [-0.05, 0) is 11.4 Å². The van der Waals surface area contributed by atoms with Gasteiger partial charge in [-0.3, -0.25) is 0 Å². The second kappa shape index (κ2) is 5.06. The van der Waals surface area contributed by atoms with Gasteiger partial charge in [0.1, 0.15) is 4.21 Å². The van der Waals surface area contributed by atoms with Crippen molar-refractivity contribution in [3.05, 3.63) is 17.5 Å². The number of ether oxygens (including phenoxy) is 1. The summed E-state index contributed by atoms with van der Waals surface area (Å²) in [6.07, 6.45) is -5.21. The highest BCUT2D eigenvalue weighted by molar-refractivity contribution is 7.92. The molecule has 10 heteroatoms. The molecule has 0 saturated carbocycles. The van der Waals surface area contributed by atoms with Crippen molar-refractivity contribution >= 4 is 33.0 Å². The highest BCUT2D eigenvalue weighted by Gasteiger charge is 2.43. The first kappa shape index (κ1) is 14.6. The minimum atomic E-state index is -5.21. The molecule has 1 rings (SSSR count). The van der Waals surface area contributed by atoms with E-state index in [0.717, 1.165) is 6.07 Å². The molecule has 1 heterocycles. The van der Waals surface area contributed by atoms with E-state index in [0.29, 0.717) is 18.4 Å². The molecular weight excluding hydrogens is 295 g/mol. The van der Waals surface area contributed by atoms with Crippen molar-refractivity contribution in [2.24, 2.45) is 4.40 Å². The molecule has 0 aliphatic heterocycles. The number of esters is 1. The molecule has 0 atom stereocenters. The molecule has 0 aromatic carbocycles. The number of hydrogen-bond donors (Lipinski definition) is 0. The molecular formula is C8H6F3NO4S2. The Hall–Kier alpha value is -1.42. The molecule has 0 N–H and O–H groups in total. The Morgan fingerprint density at radius 3 is 2.44 bits per heavy atom.